The molecule has 0 radical (unpaired) electrons. The van der Waals surface area contributed by atoms with Crippen molar-refractivity contribution in [1.29, 1.82) is 0 Å². The van der Waals surface area contributed by atoms with E-state index in [1.165, 1.54) is 24.0 Å². The summed E-state index contributed by atoms with van der Waals surface area (Å²) in [4.78, 5) is 15.3. The molecule has 0 aliphatic heterocycles. The van der Waals surface area contributed by atoms with Gasteiger partial charge in [0.05, 0.1) is 6.33 Å². The molecular weight excluding hydrogens is 266 g/mol. The van der Waals surface area contributed by atoms with Gasteiger partial charge in [0.25, 0.3) is 5.88 Å². The Bertz CT molecular complexity index is 811. The van der Waals surface area contributed by atoms with E-state index in [9.17, 15) is 0 Å². The quantitative estimate of drug-likeness (QED) is 0.753. The lowest BCUT2D eigenvalue weighted by Crippen LogP contribution is -2.03. The Kier molecular flexibility index (Phi) is 2.73. The molecule has 1 aromatic carbocycles. The van der Waals surface area contributed by atoms with E-state index in [0.29, 0.717) is 17.0 Å². The first kappa shape index (κ1) is 12.1. The lowest BCUT2D eigenvalue weighted by atomic mass is 9.92. The predicted molar refractivity (Wildman–Crippen MR) is 79.3 cm³/mol. The van der Waals surface area contributed by atoms with Gasteiger partial charge in [-0.2, -0.15) is 9.97 Å². The Morgan fingerprint density at radius 3 is 2.86 bits per heavy atom. The van der Waals surface area contributed by atoms with E-state index < -0.39 is 0 Å². The number of H-pyrrole nitrogens is 1. The third-order valence-corrected chi connectivity index (χ3v) is 3.80. The fourth-order valence-corrected chi connectivity index (χ4v) is 2.78. The number of aromatic nitrogens is 4. The van der Waals surface area contributed by atoms with Crippen LogP contribution in [0.2, 0.25) is 0 Å². The summed E-state index contributed by atoms with van der Waals surface area (Å²) in [6.45, 7) is 0. The Balaban J connectivity index is 1.72. The van der Waals surface area contributed by atoms with Gasteiger partial charge in [0.2, 0.25) is 5.95 Å². The van der Waals surface area contributed by atoms with Gasteiger partial charge in [-0.3, -0.25) is 0 Å². The topological polar surface area (TPSA) is 89.7 Å². The number of hydrogen-bond acceptors (Lipinski definition) is 5. The lowest BCUT2D eigenvalue weighted by Gasteiger charge is -2.16. The van der Waals surface area contributed by atoms with Crippen LogP contribution in [0.4, 0.5) is 5.95 Å². The smallest absolute Gasteiger partial charge is 0.250 e. The Morgan fingerprint density at radius 1 is 1.10 bits per heavy atom. The minimum Gasteiger partial charge on any atom is -0.437 e. The molecule has 2 heterocycles. The maximum atomic E-state index is 5.89. The molecule has 0 fully saturated rings. The zero-order valence-corrected chi connectivity index (χ0v) is 11.5. The maximum absolute atomic E-state index is 5.89. The Hall–Kier alpha value is -2.63. The third-order valence-electron chi connectivity index (χ3n) is 3.80. The van der Waals surface area contributed by atoms with Crippen LogP contribution < -0.4 is 10.5 Å². The highest BCUT2D eigenvalue weighted by Gasteiger charge is 2.13. The Labute approximate surface area is 121 Å². The first-order valence-electron chi connectivity index (χ1n) is 7.06. The van der Waals surface area contributed by atoms with Crippen LogP contribution in [0.25, 0.3) is 11.2 Å². The van der Waals surface area contributed by atoms with E-state index in [2.05, 4.69) is 32.1 Å². The van der Waals surface area contributed by atoms with Crippen LogP contribution in [0.1, 0.15) is 24.0 Å². The standard InChI is InChI=1S/C15H15N5O/c16-15-19-13-12(17-8-18-13)14(20-15)21-11-6-5-9-3-1-2-4-10(9)7-11/h5-8H,1-4H2,(H3,16,17,18,19,20). The van der Waals surface area contributed by atoms with Gasteiger partial charge in [0.15, 0.2) is 5.65 Å². The number of ether oxygens (including phenoxy) is 1. The van der Waals surface area contributed by atoms with Crippen molar-refractivity contribution in [3.63, 3.8) is 0 Å². The molecule has 0 spiro atoms. The molecule has 0 saturated heterocycles. The molecule has 0 amide bonds. The first-order chi connectivity index (χ1) is 10.3. The van der Waals surface area contributed by atoms with Crippen molar-refractivity contribution in [3.8, 4) is 11.6 Å². The molecule has 6 nitrogen and oxygen atoms in total. The molecule has 0 saturated carbocycles. The van der Waals surface area contributed by atoms with Crippen LogP contribution in [-0.2, 0) is 12.8 Å². The number of aromatic amines is 1. The minimum absolute atomic E-state index is 0.155. The normalized spacial score (nSPS) is 14.1. The number of rotatable bonds is 2. The van der Waals surface area contributed by atoms with Gasteiger partial charge in [-0.1, -0.05) is 6.07 Å². The van der Waals surface area contributed by atoms with Gasteiger partial charge >= 0.3 is 0 Å². The molecule has 2 aromatic heterocycles. The fourth-order valence-electron chi connectivity index (χ4n) is 2.78. The summed E-state index contributed by atoms with van der Waals surface area (Å²) in [5.74, 6) is 1.33. The number of nitrogens with two attached hydrogens (primary N) is 1. The SMILES string of the molecule is Nc1nc(Oc2ccc3c(c2)CCCC3)c2[nH]cnc2n1. The number of hydrogen-bond donors (Lipinski definition) is 2. The predicted octanol–water partition coefficient (Wildman–Crippen LogP) is 2.61. The maximum Gasteiger partial charge on any atom is 0.250 e. The van der Waals surface area contributed by atoms with E-state index in [4.69, 9.17) is 10.5 Å². The number of fused-ring (bicyclic) bond motifs is 2. The highest BCUT2D eigenvalue weighted by atomic mass is 16.5. The molecule has 4 rings (SSSR count). The molecule has 0 atom stereocenters. The molecule has 21 heavy (non-hydrogen) atoms. The molecule has 106 valence electrons. The monoisotopic (exact) mass is 281 g/mol. The summed E-state index contributed by atoms with van der Waals surface area (Å²) in [5.41, 5.74) is 9.64. The number of benzene rings is 1. The molecule has 1 aliphatic carbocycles. The first-order valence-corrected chi connectivity index (χ1v) is 7.06. The number of imidazole rings is 1. The zero-order chi connectivity index (χ0) is 14.2. The van der Waals surface area contributed by atoms with Crippen LogP contribution in [0, 0.1) is 0 Å². The van der Waals surface area contributed by atoms with Gasteiger partial charge in [-0.25, -0.2) is 4.98 Å². The molecule has 0 bridgehead atoms. The average molecular weight is 281 g/mol. The van der Waals surface area contributed by atoms with Gasteiger partial charge in [-0.15, -0.1) is 0 Å². The van der Waals surface area contributed by atoms with Crippen molar-refractivity contribution < 1.29 is 4.74 Å². The van der Waals surface area contributed by atoms with Gasteiger partial charge in [0, 0.05) is 0 Å². The van der Waals surface area contributed by atoms with Crippen LogP contribution >= 0.6 is 0 Å². The molecule has 3 aromatic rings. The van der Waals surface area contributed by atoms with E-state index in [1.54, 1.807) is 6.33 Å². The van der Waals surface area contributed by atoms with Crippen molar-refractivity contribution in [2.45, 2.75) is 25.7 Å². The summed E-state index contributed by atoms with van der Waals surface area (Å²) < 4.78 is 5.89. The molecule has 6 heteroatoms. The highest BCUT2D eigenvalue weighted by Crippen LogP contribution is 2.30. The summed E-state index contributed by atoms with van der Waals surface area (Å²) in [6.07, 6.45) is 6.32. The van der Waals surface area contributed by atoms with E-state index in [0.717, 1.165) is 18.6 Å². The molecule has 3 N–H and O–H groups in total. The average Bonchev–Trinajstić information content (AvgIpc) is 2.95. The van der Waals surface area contributed by atoms with Crippen molar-refractivity contribution >= 4 is 17.1 Å². The van der Waals surface area contributed by atoms with Gasteiger partial charge in [0.1, 0.15) is 11.3 Å². The third kappa shape index (κ3) is 2.18. The summed E-state index contributed by atoms with van der Waals surface area (Å²) in [6, 6.07) is 6.21. The van der Waals surface area contributed by atoms with Crippen LogP contribution in [0.5, 0.6) is 11.6 Å². The zero-order valence-electron chi connectivity index (χ0n) is 11.5. The van der Waals surface area contributed by atoms with Crippen molar-refractivity contribution in [2.24, 2.45) is 0 Å². The number of nitrogen functional groups attached to an aromatic ring is 1. The number of anilines is 1. The Morgan fingerprint density at radius 2 is 1.95 bits per heavy atom. The summed E-state index contributed by atoms with van der Waals surface area (Å²) in [5, 5.41) is 0. The van der Waals surface area contributed by atoms with Crippen molar-refractivity contribution in [3.05, 3.63) is 35.7 Å². The van der Waals surface area contributed by atoms with Crippen molar-refractivity contribution in [2.75, 3.05) is 5.73 Å². The van der Waals surface area contributed by atoms with E-state index in [-0.39, 0.29) is 5.95 Å². The van der Waals surface area contributed by atoms with Crippen LogP contribution in [0.15, 0.2) is 24.5 Å². The molecule has 0 unspecified atom stereocenters. The van der Waals surface area contributed by atoms with Crippen LogP contribution in [0.3, 0.4) is 0 Å². The lowest BCUT2D eigenvalue weighted by molar-refractivity contribution is 0.466. The summed E-state index contributed by atoms with van der Waals surface area (Å²) in [7, 11) is 0. The second-order valence-corrected chi connectivity index (χ2v) is 5.23. The molecule has 1 aliphatic rings. The minimum atomic E-state index is 0.155. The number of nitrogens with one attached hydrogen (secondary N) is 1. The fraction of sp³-hybridized carbons (Fsp3) is 0.267. The highest BCUT2D eigenvalue weighted by molar-refractivity contribution is 5.77. The number of aryl methyl sites for hydroxylation is 2. The second kappa shape index (κ2) is 4.73. The largest absolute Gasteiger partial charge is 0.437 e. The van der Waals surface area contributed by atoms with Crippen LogP contribution in [-0.4, -0.2) is 19.9 Å². The van der Waals surface area contributed by atoms with Gasteiger partial charge < -0.3 is 15.5 Å². The number of nitrogens with zero attached hydrogens (tertiary/aromatic N) is 3. The molecular formula is C15H15N5O. The summed E-state index contributed by atoms with van der Waals surface area (Å²) >= 11 is 0. The van der Waals surface area contributed by atoms with Gasteiger partial charge in [-0.05, 0) is 48.9 Å². The van der Waals surface area contributed by atoms with E-state index in [1.807, 2.05) is 6.07 Å². The van der Waals surface area contributed by atoms with Crippen molar-refractivity contribution in [1.82, 2.24) is 19.9 Å². The second-order valence-electron chi connectivity index (χ2n) is 5.23. The van der Waals surface area contributed by atoms with E-state index >= 15 is 0 Å².